The van der Waals surface area contributed by atoms with Gasteiger partial charge in [0.25, 0.3) is 5.56 Å². The molecule has 0 aliphatic carbocycles. The maximum Gasteiger partial charge on any atom is 0.273 e. The molecule has 2 aromatic rings. The first-order valence-electron chi connectivity index (χ1n) is 8.52. The molecule has 1 amide bonds. The maximum atomic E-state index is 13.3. The molecule has 2 heterocycles. The number of nitrogens with zero attached hydrogens (tertiary/aromatic N) is 3. The molecule has 132 valence electrons. The van der Waals surface area contributed by atoms with Crippen LogP contribution in [0.1, 0.15) is 31.9 Å². The summed E-state index contributed by atoms with van der Waals surface area (Å²) in [6, 6.07) is 5.77. The van der Waals surface area contributed by atoms with Gasteiger partial charge in [-0.3, -0.25) is 9.59 Å². The van der Waals surface area contributed by atoms with E-state index in [1.807, 2.05) is 4.90 Å². The number of carbonyl (C=O) groups is 1. The van der Waals surface area contributed by atoms with Gasteiger partial charge in [0, 0.05) is 31.5 Å². The first-order valence-corrected chi connectivity index (χ1v) is 8.52. The van der Waals surface area contributed by atoms with E-state index in [9.17, 15) is 14.0 Å². The first-order chi connectivity index (χ1) is 12.0. The average Bonchev–Trinajstić information content (AvgIpc) is 2.61. The summed E-state index contributed by atoms with van der Waals surface area (Å²) in [6.07, 6.45) is 2.53. The van der Waals surface area contributed by atoms with E-state index in [1.54, 1.807) is 6.07 Å². The molecule has 0 bridgehead atoms. The molecule has 0 unspecified atom stereocenters. The van der Waals surface area contributed by atoms with E-state index in [0.717, 1.165) is 25.9 Å². The van der Waals surface area contributed by atoms with Crippen LogP contribution in [0.25, 0.3) is 11.4 Å². The van der Waals surface area contributed by atoms with Crippen LogP contribution in [-0.2, 0) is 11.2 Å². The summed E-state index contributed by atoms with van der Waals surface area (Å²) in [4.78, 5) is 28.9. The fourth-order valence-electron chi connectivity index (χ4n) is 2.93. The molecular formula is C18H21FN4O2. The normalized spacial score (nSPS) is 15.4. The number of amides is 1. The number of rotatable bonds is 4. The minimum atomic E-state index is -0.411. The molecule has 1 saturated heterocycles. The number of hydrogen-bond donors (Lipinski definition) is 1. The van der Waals surface area contributed by atoms with Crippen molar-refractivity contribution in [1.29, 1.82) is 0 Å². The Morgan fingerprint density at radius 2 is 2.08 bits per heavy atom. The molecule has 1 fully saturated rings. The van der Waals surface area contributed by atoms with Gasteiger partial charge in [0.1, 0.15) is 11.5 Å². The van der Waals surface area contributed by atoms with Crippen LogP contribution in [-0.4, -0.2) is 39.1 Å². The van der Waals surface area contributed by atoms with Crippen LogP contribution in [0.15, 0.2) is 29.1 Å². The minimum absolute atomic E-state index is 0.0438. The summed E-state index contributed by atoms with van der Waals surface area (Å²) in [5, 5.41) is 7.88. The monoisotopic (exact) mass is 344 g/mol. The lowest BCUT2D eigenvalue weighted by Crippen LogP contribution is -2.38. The quantitative estimate of drug-likeness (QED) is 0.922. The van der Waals surface area contributed by atoms with Crippen LogP contribution in [0.4, 0.5) is 4.39 Å². The molecular weight excluding hydrogens is 323 g/mol. The van der Waals surface area contributed by atoms with Crippen molar-refractivity contribution in [1.82, 2.24) is 20.1 Å². The lowest BCUT2D eigenvalue weighted by molar-refractivity contribution is -0.132. The number of H-pyrrole nitrogens is 1. The molecule has 7 heteroatoms. The number of likely N-dealkylation sites (tertiary alicyclic amines) is 1. The summed E-state index contributed by atoms with van der Waals surface area (Å²) < 4.78 is 13.3. The van der Waals surface area contributed by atoms with Gasteiger partial charge in [-0.15, -0.1) is 10.2 Å². The first kappa shape index (κ1) is 17.3. The molecule has 0 saturated carbocycles. The molecule has 1 aromatic carbocycles. The molecule has 6 nitrogen and oxygen atoms in total. The Hall–Kier alpha value is -2.57. The number of benzene rings is 1. The standard InChI is InChI=1S/C18H21FN4O2/c1-12-7-9-23(10-8-12)16(24)6-5-15-18(25)20-17(22-21-15)13-3-2-4-14(19)11-13/h2-4,11-12H,5-10H2,1H3,(H,20,22,25). The van der Waals surface area contributed by atoms with Crippen molar-refractivity contribution in [2.45, 2.75) is 32.6 Å². The Kier molecular flexibility index (Phi) is 5.21. The van der Waals surface area contributed by atoms with Gasteiger partial charge in [0.05, 0.1) is 0 Å². The third-order valence-electron chi connectivity index (χ3n) is 4.57. The fourth-order valence-corrected chi connectivity index (χ4v) is 2.93. The molecule has 1 aromatic heterocycles. The van der Waals surface area contributed by atoms with Gasteiger partial charge in [-0.25, -0.2) is 4.39 Å². The zero-order valence-corrected chi connectivity index (χ0v) is 14.2. The number of aryl methyl sites for hydroxylation is 1. The second kappa shape index (κ2) is 7.55. The zero-order valence-electron chi connectivity index (χ0n) is 14.2. The van der Waals surface area contributed by atoms with Gasteiger partial charge in [-0.05, 0) is 30.9 Å². The van der Waals surface area contributed by atoms with E-state index >= 15 is 0 Å². The van der Waals surface area contributed by atoms with Gasteiger partial charge in [0.2, 0.25) is 5.91 Å². The highest BCUT2D eigenvalue weighted by Gasteiger charge is 2.20. The SMILES string of the molecule is CC1CCN(C(=O)CCc2nnc(-c3cccc(F)c3)[nH]c2=O)CC1. The highest BCUT2D eigenvalue weighted by molar-refractivity contribution is 5.76. The second-order valence-electron chi connectivity index (χ2n) is 6.52. The molecule has 1 aliphatic heterocycles. The van der Waals surface area contributed by atoms with Gasteiger partial charge in [-0.1, -0.05) is 19.1 Å². The van der Waals surface area contributed by atoms with Crippen LogP contribution in [0.2, 0.25) is 0 Å². The topological polar surface area (TPSA) is 79.0 Å². The van der Waals surface area contributed by atoms with Gasteiger partial charge in [0.15, 0.2) is 5.82 Å². The van der Waals surface area contributed by atoms with E-state index in [1.165, 1.54) is 18.2 Å². The van der Waals surface area contributed by atoms with Gasteiger partial charge >= 0.3 is 0 Å². The smallest absolute Gasteiger partial charge is 0.273 e. The molecule has 3 rings (SSSR count). The number of aromatic amines is 1. The van der Waals surface area contributed by atoms with E-state index in [4.69, 9.17) is 0 Å². The van der Waals surface area contributed by atoms with Crippen LogP contribution >= 0.6 is 0 Å². The summed E-state index contributed by atoms with van der Waals surface area (Å²) in [6.45, 7) is 3.75. The molecule has 0 atom stereocenters. The number of nitrogens with one attached hydrogen (secondary N) is 1. The van der Waals surface area contributed by atoms with Crippen molar-refractivity contribution >= 4 is 5.91 Å². The minimum Gasteiger partial charge on any atom is -0.343 e. The third kappa shape index (κ3) is 4.29. The Balaban J connectivity index is 1.64. The van der Waals surface area contributed by atoms with E-state index < -0.39 is 11.4 Å². The zero-order chi connectivity index (χ0) is 17.8. The Labute approximate surface area is 145 Å². The van der Waals surface area contributed by atoms with Crippen LogP contribution in [0, 0.1) is 11.7 Å². The average molecular weight is 344 g/mol. The Morgan fingerprint density at radius 3 is 2.76 bits per heavy atom. The molecule has 0 radical (unpaired) electrons. The summed E-state index contributed by atoms with van der Waals surface area (Å²) in [7, 11) is 0. The van der Waals surface area contributed by atoms with Crippen molar-refractivity contribution in [2.75, 3.05) is 13.1 Å². The predicted molar refractivity (Wildman–Crippen MR) is 91.3 cm³/mol. The molecule has 25 heavy (non-hydrogen) atoms. The van der Waals surface area contributed by atoms with Crippen molar-refractivity contribution in [3.8, 4) is 11.4 Å². The number of hydrogen-bond acceptors (Lipinski definition) is 4. The predicted octanol–water partition coefficient (Wildman–Crippen LogP) is 2.16. The van der Waals surface area contributed by atoms with Crippen LogP contribution in [0.5, 0.6) is 0 Å². The number of halogens is 1. The third-order valence-corrected chi connectivity index (χ3v) is 4.57. The van der Waals surface area contributed by atoms with E-state index in [2.05, 4.69) is 22.1 Å². The van der Waals surface area contributed by atoms with Crippen molar-refractivity contribution in [3.63, 3.8) is 0 Å². The van der Waals surface area contributed by atoms with Crippen molar-refractivity contribution in [2.24, 2.45) is 5.92 Å². The largest absolute Gasteiger partial charge is 0.343 e. The van der Waals surface area contributed by atoms with Crippen LogP contribution in [0.3, 0.4) is 0 Å². The van der Waals surface area contributed by atoms with Crippen molar-refractivity contribution in [3.05, 3.63) is 46.1 Å². The summed E-state index contributed by atoms with van der Waals surface area (Å²) in [5.74, 6) is 0.505. The highest BCUT2D eigenvalue weighted by atomic mass is 19.1. The lowest BCUT2D eigenvalue weighted by atomic mass is 9.99. The fraction of sp³-hybridized carbons (Fsp3) is 0.444. The summed E-state index contributed by atoms with van der Waals surface area (Å²) >= 11 is 0. The van der Waals surface area contributed by atoms with E-state index in [0.29, 0.717) is 11.5 Å². The van der Waals surface area contributed by atoms with Crippen molar-refractivity contribution < 1.29 is 9.18 Å². The maximum absolute atomic E-state index is 13.3. The van der Waals surface area contributed by atoms with E-state index in [-0.39, 0.29) is 30.3 Å². The van der Waals surface area contributed by atoms with Gasteiger partial charge < -0.3 is 9.88 Å². The molecule has 1 N–H and O–H groups in total. The van der Waals surface area contributed by atoms with Gasteiger partial charge in [-0.2, -0.15) is 0 Å². The number of aromatic nitrogens is 3. The highest BCUT2D eigenvalue weighted by Crippen LogP contribution is 2.17. The second-order valence-corrected chi connectivity index (χ2v) is 6.52. The molecule has 1 aliphatic rings. The Bertz CT molecular complexity index is 813. The van der Waals surface area contributed by atoms with Crippen LogP contribution < -0.4 is 5.56 Å². The number of carbonyl (C=O) groups excluding carboxylic acids is 1. The molecule has 0 spiro atoms. The Morgan fingerprint density at radius 1 is 1.32 bits per heavy atom. The summed E-state index contributed by atoms with van der Waals surface area (Å²) in [5.41, 5.74) is 0.280. The lowest BCUT2D eigenvalue weighted by Gasteiger charge is -2.30. The number of piperidine rings is 1.